The molecule has 134 valence electrons. The van der Waals surface area contributed by atoms with Crippen LogP contribution in [0.2, 0.25) is 0 Å². The molecule has 0 aliphatic carbocycles. The van der Waals surface area contributed by atoms with E-state index in [9.17, 15) is 9.59 Å². The molecule has 4 nitrogen and oxygen atoms in total. The minimum absolute atomic E-state index is 0.103. The van der Waals surface area contributed by atoms with E-state index < -0.39 is 0 Å². The number of esters is 2. The summed E-state index contributed by atoms with van der Waals surface area (Å²) in [7, 11) is 0. The van der Waals surface area contributed by atoms with E-state index in [1.54, 1.807) is 0 Å². The Morgan fingerprint density at radius 3 is 2.08 bits per heavy atom. The van der Waals surface area contributed by atoms with Gasteiger partial charge in [0, 0.05) is 16.4 Å². The van der Waals surface area contributed by atoms with Crippen LogP contribution in [0.15, 0.2) is 24.3 Å². The summed E-state index contributed by atoms with van der Waals surface area (Å²) in [5.74, 6) is -0.232. The molecule has 0 aromatic heterocycles. The topological polar surface area (TPSA) is 52.6 Å². The maximum atomic E-state index is 11.7. The zero-order chi connectivity index (χ0) is 17.6. The smallest absolute Gasteiger partial charge is 0.306 e. The van der Waals surface area contributed by atoms with Crippen molar-refractivity contribution in [3.05, 3.63) is 33.4 Å². The molecule has 0 N–H and O–H groups in total. The van der Waals surface area contributed by atoms with E-state index in [-0.39, 0.29) is 11.9 Å². The van der Waals surface area contributed by atoms with Crippen LogP contribution < -0.4 is 0 Å². The van der Waals surface area contributed by atoms with E-state index in [4.69, 9.17) is 9.47 Å². The second-order valence-electron chi connectivity index (χ2n) is 5.72. The highest BCUT2D eigenvalue weighted by Crippen LogP contribution is 2.11. The van der Waals surface area contributed by atoms with Crippen molar-refractivity contribution in [2.24, 2.45) is 0 Å². The molecule has 1 aromatic carbocycles. The Hall–Kier alpha value is -1.11. The van der Waals surface area contributed by atoms with Gasteiger partial charge in [-0.3, -0.25) is 9.59 Å². The van der Waals surface area contributed by atoms with Crippen LogP contribution in [0, 0.1) is 3.57 Å². The zero-order valence-electron chi connectivity index (χ0n) is 14.4. The third kappa shape index (κ3) is 10.6. The minimum atomic E-state index is -0.129. The molecule has 1 rings (SSSR count). The van der Waals surface area contributed by atoms with E-state index in [1.807, 2.05) is 31.2 Å². The van der Waals surface area contributed by atoms with E-state index >= 15 is 0 Å². The Labute approximate surface area is 158 Å². The molecule has 0 unspecified atom stereocenters. The lowest BCUT2D eigenvalue weighted by atomic mass is 10.1. The van der Waals surface area contributed by atoms with E-state index in [0.717, 1.165) is 47.7 Å². The molecule has 0 aliphatic rings. The van der Waals surface area contributed by atoms with Gasteiger partial charge in [0.15, 0.2) is 0 Å². The normalized spacial score (nSPS) is 10.4. The second-order valence-corrected chi connectivity index (χ2v) is 6.96. The van der Waals surface area contributed by atoms with Crippen molar-refractivity contribution in [1.29, 1.82) is 0 Å². The van der Waals surface area contributed by atoms with Gasteiger partial charge < -0.3 is 9.47 Å². The fourth-order valence-corrected chi connectivity index (χ4v) is 2.95. The number of carbonyl (C=O) groups excluding carboxylic acids is 2. The van der Waals surface area contributed by atoms with Crippen LogP contribution >= 0.6 is 22.6 Å². The summed E-state index contributed by atoms with van der Waals surface area (Å²) in [5.41, 5.74) is 1.02. The Morgan fingerprint density at radius 2 is 1.50 bits per heavy atom. The third-order valence-electron chi connectivity index (χ3n) is 3.61. The second kappa shape index (κ2) is 13.2. The molecule has 0 heterocycles. The quantitative estimate of drug-likeness (QED) is 0.257. The minimum Gasteiger partial charge on any atom is -0.466 e. The first kappa shape index (κ1) is 20.9. The molecular weight excluding hydrogens is 419 g/mol. The molecule has 0 fully saturated rings. The molecule has 0 radical (unpaired) electrons. The van der Waals surface area contributed by atoms with Gasteiger partial charge in [-0.2, -0.15) is 0 Å². The number of hydrogen-bond acceptors (Lipinski definition) is 4. The number of halogens is 1. The van der Waals surface area contributed by atoms with Gasteiger partial charge in [-0.05, 0) is 60.1 Å². The zero-order valence-corrected chi connectivity index (χ0v) is 16.5. The first-order valence-electron chi connectivity index (χ1n) is 8.67. The average molecular weight is 446 g/mol. The highest BCUT2D eigenvalue weighted by molar-refractivity contribution is 14.1. The fraction of sp³-hybridized carbons (Fsp3) is 0.579. The predicted molar refractivity (Wildman–Crippen MR) is 103 cm³/mol. The van der Waals surface area contributed by atoms with Crippen molar-refractivity contribution in [1.82, 2.24) is 0 Å². The predicted octanol–water partition coefficient (Wildman–Crippen LogP) is 5.02. The van der Waals surface area contributed by atoms with Crippen LogP contribution in [0.3, 0.4) is 0 Å². The summed E-state index contributed by atoms with van der Waals surface area (Å²) < 4.78 is 11.3. The number of benzene rings is 1. The SMILES string of the molecule is CCOC(=O)CCCCCCCCC(=O)OCc1cccc(I)c1. The third-order valence-corrected chi connectivity index (χ3v) is 4.28. The molecule has 5 heteroatoms. The summed E-state index contributed by atoms with van der Waals surface area (Å²) in [6, 6.07) is 7.96. The lowest BCUT2D eigenvalue weighted by Crippen LogP contribution is -2.04. The number of hydrogen-bond donors (Lipinski definition) is 0. The van der Waals surface area contributed by atoms with Crippen LogP contribution in [-0.4, -0.2) is 18.5 Å². The Balaban J connectivity index is 1.95. The van der Waals surface area contributed by atoms with Crippen LogP contribution in [0.4, 0.5) is 0 Å². The Morgan fingerprint density at radius 1 is 0.917 bits per heavy atom. The number of carbonyl (C=O) groups is 2. The highest BCUT2D eigenvalue weighted by Gasteiger charge is 2.04. The van der Waals surface area contributed by atoms with Crippen molar-refractivity contribution < 1.29 is 19.1 Å². The van der Waals surface area contributed by atoms with Gasteiger partial charge in [-0.15, -0.1) is 0 Å². The number of unbranched alkanes of at least 4 members (excludes halogenated alkanes) is 5. The van der Waals surface area contributed by atoms with Gasteiger partial charge in [0.2, 0.25) is 0 Å². The Bertz CT molecular complexity index is 502. The molecule has 1 aromatic rings. The molecule has 0 saturated heterocycles. The van der Waals surface area contributed by atoms with Crippen molar-refractivity contribution >= 4 is 34.5 Å². The molecule has 0 atom stereocenters. The maximum absolute atomic E-state index is 11.7. The van der Waals surface area contributed by atoms with Gasteiger partial charge in [0.1, 0.15) is 6.61 Å². The van der Waals surface area contributed by atoms with Crippen LogP contribution in [-0.2, 0) is 25.7 Å². The summed E-state index contributed by atoms with van der Waals surface area (Å²) in [6.07, 6.45) is 6.99. The maximum Gasteiger partial charge on any atom is 0.306 e. The lowest BCUT2D eigenvalue weighted by Gasteiger charge is -2.06. The Kier molecular flexibility index (Phi) is 11.5. The van der Waals surface area contributed by atoms with Crippen LogP contribution in [0.25, 0.3) is 0 Å². The first-order chi connectivity index (χ1) is 11.6. The van der Waals surface area contributed by atoms with Crippen LogP contribution in [0.1, 0.15) is 63.9 Å². The summed E-state index contributed by atoms with van der Waals surface area (Å²) in [4.78, 5) is 22.9. The van der Waals surface area contributed by atoms with Gasteiger partial charge in [0.25, 0.3) is 0 Å². The fourth-order valence-electron chi connectivity index (χ4n) is 2.34. The number of ether oxygens (including phenoxy) is 2. The largest absolute Gasteiger partial charge is 0.466 e. The molecule has 0 amide bonds. The van der Waals surface area contributed by atoms with Gasteiger partial charge in [0.05, 0.1) is 6.61 Å². The van der Waals surface area contributed by atoms with Gasteiger partial charge in [-0.25, -0.2) is 0 Å². The monoisotopic (exact) mass is 446 g/mol. The van der Waals surface area contributed by atoms with Crippen molar-refractivity contribution in [3.63, 3.8) is 0 Å². The molecule has 0 saturated carbocycles. The van der Waals surface area contributed by atoms with Crippen molar-refractivity contribution in [2.75, 3.05) is 6.61 Å². The average Bonchev–Trinajstić information content (AvgIpc) is 2.55. The van der Waals surface area contributed by atoms with Crippen LogP contribution in [0.5, 0.6) is 0 Å². The van der Waals surface area contributed by atoms with E-state index in [2.05, 4.69) is 22.6 Å². The summed E-state index contributed by atoms with van der Waals surface area (Å²) in [5, 5.41) is 0. The lowest BCUT2D eigenvalue weighted by molar-refractivity contribution is -0.145. The standard InChI is InChI=1S/C19H27IO4/c1-2-23-18(21)12-7-5-3-4-6-8-13-19(22)24-15-16-10-9-11-17(20)14-16/h9-11,14H,2-8,12-13,15H2,1H3. The number of rotatable bonds is 12. The van der Waals surface area contributed by atoms with E-state index in [1.165, 1.54) is 0 Å². The molecule has 0 bridgehead atoms. The summed E-state index contributed by atoms with van der Waals surface area (Å²) in [6.45, 7) is 2.63. The molecule has 24 heavy (non-hydrogen) atoms. The first-order valence-corrected chi connectivity index (χ1v) is 9.75. The van der Waals surface area contributed by atoms with Gasteiger partial charge >= 0.3 is 11.9 Å². The van der Waals surface area contributed by atoms with Crippen molar-refractivity contribution in [2.45, 2.75) is 64.9 Å². The van der Waals surface area contributed by atoms with Crippen molar-refractivity contribution in [3.8, 4) is 0 Å². The van der Waals surface area contributed by atoms with Gasteiger partial charge in [-0.1, -0.05) is 37.8 Å². The summed E-state index contributed by atoms with van der Waals surface area (Å²) >= 11 is 2.25. The molecule has 0 aliphatic heterocycles. The highest BCUT2D eigenvalue weighted by atomic mass is 127. The molecular formula is C19H27IO4. The van der Waals surface area contributed by atoms with E-state index in [0.29, 0.717) is 26.1 Å². The molecule has 0 spiro atoms.